The molecule has 0 aromatic heterocycles. The average molecular weight is 346 g/mol. The van der Waals surface area contributed by atoms with Gasteiger partial charge in [0.05, 0.1) is 11.4 Å². The van der Waals surface area contributed by atoms with Gasteiger partial charge >= 0.3 is 0 Å². The Morgan fingerprint density at radius 3 is 2.48 bits per heavy atom. The highest BCUT2D eigenvalue weighted by Gasteiger charge is 2.07. The summed E-state index contributed by atoms with van der Waals surface area (Å²) in [5, 5.41) is 6.70. The molecule has 110 valence electrons. The van der Waals surface area contributed by atoms with Crippen LogP contribution in [0.2, 0.25) is 0 Å². The van der Waals surface area contributed by atoms with Gasteiger partial charge in [-0.15, -0.1) is 0 Å². The second-order valence-electron chi connectivity index (χ2n) is 4.97. The van der Waals surface area contributed by atoms with Crippen LogP contribution in [-0.2, 0) is 0 Å². The number of benzene rings is 2. The lowest BCUT2D eigenvalue weighted by molar-refractivity contribution is 0.892. The van der Waals surface area contributed by atoms with Gasteiger partial charge in [-0.05, 0) is 57.2 Å². The molecule has 3 nitrogen and oxygen atoms in total. The van der Waals surface area contributed by atoms with E-state index in [4.69, 9.17) is 10.8 Å². The molecular weight excluding hydrogens is 326 g/mol. The van der Waals surface area contributed by atoms with Crippen LogP contribution in [0.3, 0.4) is 0 Å². The number of aryl methyl sites for hydroxylation is 1. The first kappa shape index (κ1) is 15.6. The highest BCUT2D eigenvalue weighted by atomic mass is 79.9. The van der Waals surface area contributed by atoms with Gasteiger partial charge < -0.3 is 5.73 Å². The van der Waals surface area contributed by atoms with Crippen LogP contribution in [-0.4, -0.2) is 12.3 Å². The maximum atomic E-state index is 6.06. The molecule has 21 heavy (non-hydrogen) atoms. The number of halogens is 1. The normalized spacial score (nSPS) is 11.5. The summed E-state index contributed by atoms with van der Waals surface area (Å²) in [5.74, 6) is 0. The molecule has 0 fully saturated rings. The predicted molar refractivity (Wildman–Crippen MR) is 95.0 cm³/mol. The second-order valence-corrected chi connectivity index (χ2v) is 5.88. The van der Waals surface area contributed by atoms with Crippen molar-refractivity contribution in [3.05, 3.63) is 58.1 Å². The molecule has 4 heteroatoms. The molecule has 2 aromatic rings. The largest absolute Gasteiger partial charge is 0.398 e. The summed E-state index contributed by atoms with van der Waals surface area (Å²) in [7, 11) is 0. The molecule has 0 radical (unpaired) electrons. The maximum Gasteiger partial charge on any atom is 0.0671 e. The van der Waals surface area contributed by atoms with Crippen molar-refractivity contribution in [2.24, 2.45) is 5.10 Å². The number of nitrogens with zero attached hydrogens (tertiary/aromatic N) is 2. The Labute approximate surface area is 134 Å². The predicted octanol–water partition coefficient (Wildman–Crippen LogP) is 4.59. The van der Waals surface area contributed by atoms with Gasteiger partial charge in [-0.3, -0.25) is 5.01 Å². The van der Waals surface area contributed by atoms with Gasteiger partial charge in [0.1, 0.15) is 0 Å². The summed E-state index contributed by atoms with van der Waals surface area (Å²) in [5.41, 5.74) is 11.0. The summed E-state index contributed by atoms with van der Waals surface area (Å²) >= 11 is 3.45. The third kappa shape index (κ3) is 3.85. The number of rotatable bonds is 4. The number of nitrogen functional groups attached to an aromatic ring is 1. The van der Waals surface area contributed by atoms with Crippen LogP contribution in [0.4, 0.5) is 11.4 Å². The molecule has 0 aliphatic heterocycles. The number of nitrogens with two attached hydrogens (primary N) is 1. The topological polar surface area (TPSA) is 41.6 Å². The van der Waals surface area contributed by atoms with E-state index in [9.17, 15) is 0 Å². The molecule has 0 heterocycles. The van der Waals surface area contributed by atoms with Crippen LogP contribution in [0.1, 0.15) is 25.0 Å². The van der Waals surface area contributed by atoms with E-state index in [1.807, 2.05) is 48.3 Å². The summed E-state index contributed by atoms with van der Waals surface area (Å²) in [4.78, 5) is 0. The van der Waals surface area contributed by atoms with Crippen molar-refractivity contribution in [3.8, 4) is 0 Å². The molecule has 0 atom stereocenters. The molecule has 2 N–H and O–H groups in total. The quantitative estimate of drug-likeness (QED) is 0.500. The SMILES string of the molecule is CCN(/N=C(\C)c1cc(C)ccc1N)c1ccc(Br)cc1. The Bertz CT molecular complexity index is 648. The molecule has 0 aliphatic rings. The zero-order valence-electron chi connectivity index (χ0n) is 12.6. The highest BCUT2D eigenvalue weighted by molar-refractivity contribution is 9.10. The van der Waals surface area contributed by atoms with E-state index >= 15 is 0 Å². The standard InChI is InChI=1S/C17H20BrN3/c1-4-21(15-8-6-14(18)7-9-15)20-13(3)16-11-12(2)5-10-17(16)19/h5-11H,4,19H2,1-3H3/b20-13+. The van der Waals surface area contributed by atoms with Gasteiger partial charge in [-0.2, -0.15) is 5.10 Å². The van der Waals surface area contributed by atoms with Crippen molar-refractivity contribution in [1.29, 1.82) is 0 Å². The van der Waals surface area contributed by atoms with Crippen molar-refractivity contribution in [2.45, 2.75) is 20.8 Å². The zero-order chi connectivity index (χ0) is 15.4. The van der Waals surface area contributed by atoms with Crippen LogP contribution in [0.15, 0.2) is 52.0 Å². The molecule has 0 unspecified atom stereocenters. The first-order chi connectivity index (χ1) is 10.0. The first-order valence-electron chi connectivity index (χ1n) is 6.96. The minimum absolute atomic E-state index is 0.758. The van der Waals surface area contributed by atoms with E-state index in [0.717, 1.165) is 33.7 Å². The molecule has 0 spiro atoms. The lowest BCUT2D eigenvalue weighted by Crippen LogP contribution is -2.18. The van der Waals surface area contributed by atoms with E-state index in [1.165, 1.54) is 5.56 Å². The monoisotopic (exact) mass is 345 g/mol. The Morgan fingerprint density at radius 2 is 1.86 bits per heavy atom. The Hall–Kier alpha value is -1.81. The minimum Gasteiger partial charge on any atom is -0.398 e. The minimum atomic E-state index is 0.758. The molecule has 0 saturated heterocycles. The van der Waals surface area contributed by atoms with Gasteiger partial charge in [0.15, 0.2) is 0 Å². The van der Waals surface area contributed by atoms with Crippen molar-refractivity contribution in [3.63, 3.8) is 0 Å². The molecule has 0 aliphatic carbocycles. The van der Waals surface area contributed by atoms with Crippen molar-refractivity contribution >= 4 is 33.0 Å². The van der Waals surface area contributed by atoms with Gasteiger partial charge in [-0.25, -0.2) is 0 Å². The third-order valence-corrected chi connectivity index (χ3v) is 3.82. The van der Waals surface area contributed by atoms with E-state index in [-0.39, 0.29) is 0 Å². The van der Waals surface area contributed by atoms with E-state index < -0.39 is 0 Å². The Kier molecular flexibility index (Phi) is 5.02. The Morgan fingerprint density at radius 1 is 1.19 bits per heavy atom. The molecule has 2 aromatic carbocycles. The maximum absolute atomic E-state index is 6.06. The molecular formula is C17H20BrN3. The smallest absolute Gasteiger partial charge is 0.0671 e. The van der Waals surface area contributed by atoms with E-state index in [2.05, 4.69) is 35.8 Å². The molecule has 0 saturated carbocycles. The van der Waals surface area contributed by atoms with Crippen LogP contribution in [0, 0.1) is 6.92 Å². The van der Waals surface area contributed by atoms with Crippen LogP contribution < -0.4 is 10.7 Å². The number of hydrogen-bond donors (Lipinski definition) is 1. The van der Waals surface area contributed by atoms with Crippen molar-refractivity contribution < 1.29 is 0 Å². The summed E-state index contributed by atoms with van der Waals surface area (Å²) in [6.45, 7) is 6.93. The fourth-order valence-electron chi connectivity index (χ4n) is 2.14. The van der Waals surface area contributed by atoms with E-state index in [0.29, 0.717) is 0 Å². The van der Waals surface area contributed by atoms with Crippen LogP contribution >= 0.6 is 15.9 Å². The fraction of sp³-hybridized carbons (Fsp3) is 0.235. The second kappa shape index (κ2) is 6.76. The summed E-state index contributed by atoms with van der Waals surface area (Å²) in [6.07, 6.45) is 0. The fourth-order valence-corrected chi connectivity index (χ4v) is 2.41. The van der Waals surface area contributed by atoms with Crippen molar-refractivity contribution in [2.75, 3.05) is 17.3 Å². The number of anilines is 2. The molecule has 2 rings (SSSR count). The zero-order valence-corrected chi connectivity index (χ0v) is 14.2. The highest BCUT2D eigenvalue weighted by Crippen LogP contribution is 2.20. The third-order valence-electron chi connectivity index (χ3n) is 3.29. The van der Waals surface area contributed by atoms with Gasteiger partial charge in [0.2, 0.25) is 0 Å². The number of hydrazone groups is 1. The lowest BCUT2D eigenvalue weighted by Gasteiger charge is -2.19. The summed E-state index contributed by atoms with van der Waals surface area (Å²) in [6, 6.07) is 14.1. The van der Waals surface area contributed by atoms with Crippen molar-refractivity contribution in [1.82, 2.24) is 0 Å². The van der Waals surface area contributed by atoms with Crippen LogP contribution in [0.5, 0.6) is 0 Å². The van der Waals surface area contributed by atoms with Crippen LogP contribution in [0.25, 0.3) is 0 Å². The average Bonchev–Trinajstić information content (AvgIpc) is 2.48. The summed E-state index contributed by atoms with van der Waals surface area (Å²) < 4.78 is 1.06. The van der Waals surface area contributed by atoms with E-state index in [1.54, 1.807) is 0 Å². The van der Waals surface area contributed by atoms with Gasteiger partial charge in [-0.1, -0.05) is 27.6 Å². The lowest BCUT2D eigenvalue weighted by atomic mass is 10.1. The van der Waals surface area contributed by atoms with Gasteiger partial charge in [0.25, 0.3) is 0 Å². The van der Waals surface area contributed by atoms with Gasteiger partial charge in [0, 0.05) is 22.3 Å². The molecule has 0 amide bonds. The number of hydrogen-bond acceptors (Lipinski definition) is 3. The Balaban J connectivity index is 2.34. The molecule has 0 bridgehead atoms. The first-order valence-corrected chi connectivity index (χ1v) is 7.75.